The Bertz CT molecular complexity index is 349. The number of nitrogens with two attached hydrogens (primary N) is 1. The zero-order valence-corrected chi connectivity index (χ0v) is 11.4. The molecular weight excluding hydrogens is 236 g/mol. The summed E-state index contributed by atoms with van der Waals surface area (Å²) in [6.45, 7) is 5.81. The summed E-state index contributed by atoms with van der Waals surface area (Å²) in [6, 6.07) is 7.79. The van der Waals surface area contributed by atoms with Gasteiger partial charge in [0, 0.05) is 18.7 Å². The summed E-state index contributed by atoms with van der Waals surface area (Å²) in [5, 5.41) is 2.73. The molecule has 0 heterocycles. The number of halogens is 1. The van der Waals surface area contributed by atoms with Gasteiger partial charge in [-0.15, -0.1) is 12.4 Å². The number of hydrogen-bond donors (Lipinski definition) is 2. The standard InChI is InChI=1S/C13H20N2O.ClH/c1-9(2)8-13(14)11-4-6-12(7-5-11)15-10(3)16;/h4-7,9,13H,8,14H2,1-3H3,(H,15,16);1H/t13-;/m0./s1. The fourth-order valence-corrected chi connectivity index (χ4v) is 1.66. The van der Waals surface area contributed by atoms with Crippen molar-refractivity contribution in [2.75, 3.05) is 5.32 Å². The second kappa shape index (κ2) is 7.30. The van der Waals surface area contributed by atoms with Crippen LogP contribution in [0, 0.1) is 5.92 Å². The van der Waals surface area contributed by atoms with Crippen molar-refractivity contribution in [2.24, 2.45) is 11.7 Å². The van der Waals surface area contributed by atoms with Gasteiger partial charge in [-0.2, -0.15) is 0 Å². The molecule has 0 fully saturated rings. The Hall–Kier alpha value is -1.06. The highest BCUT2D eigenvalue weighted by Gasteiger charge is 2.08. The van der Waals surface area contributed by atoms with Crippen molar-refractivity contribution in [3.05, 3.63) is 29.8 Å². The molecule has 0 aromatic heterocycles. The minimum atomic E-state index is -0.0563. The van der Waals surface area contributed by atoms with Gasteiger partial charge in [0.2, 0.25) is 5.91 Å². The van der Waals surface area contributed by atoms with E-state index >= 15 is 0 Å². The van der Waals surface area contributed by atoms with Crippen molar-refractivity contribution in [1.82, 2.24) is 0 Å². The topological polar surface area (TPSA) is 55.1 Å². The maximum atomic E-state index is 10.8. The van der Waals surface area contributed by atoms with Crippen LogP contribution >= 0.6 is 12.4 Å². The maximum Gasteiger partial charge on any atom is 0.221 e. The van der Waals surface area contributed by atoms with Crippen LogP contribution in [-0.2, 0) is 4.79 Å². The Morgan fingerprint density at radius 2 is 1.82 bits per heavy atom. The summed E-state index contributed by atoms with van der Waals surface area (Å²) in [5.74, 6) is 0.532. The molecule has 17 heavy (non-hydrogen) atoms. The van der Waals surface area contributed by atoms with E-state index in [2.05, 4.69) is 19.2 Å². The van der Waals surface area contributed by atoms with E-state index < -0.39 is 0 Å². The Balaban J connectivity index is 0.00000256. The average molecular weight is 257 g/mol. The molecule has 3 N–H and O–H groups in total. The third-order valence-electron chi connectivity index (χ3n) is 2.38. The first-order valence-electron chi connectivity index (χ1n) is 5.62. The van der Waals surface area contributed by atoms with E-state index in [9.17, 15) is 4.79 Å². The van der Waals surface area contributed by atoms with Crippen molar-refractivity contribution in [1.29, 1.82) is 0 Å². The first-order valence-corrected chi connectivity index (χ1v) is 5.62. The lowest BCUT2D eigenvalue weighted by molar-refractivity contribution is -0.114. The second-order valence-corrected chi connectivity index (χ2v) is 4.54. The maximum absolute atomic E-state index is 10.8. The number of carbonyl (C=O) groups excluding carboxylic acids is 1. The number of amides is 1. The molecule has 0 saturated heterocycles. The van der Waals surface area contributed by atoms with Crippen molar-refractivity contribution in [3.8, 4) is 0 Å². The van der Waals surface area contributed by atoms with E-state index in [1.807, 2.05) is 24.3 Å². The van der Waals surface area contributed by atoms with E-state index in [0.29, 0.717) is 5.92 Å². The summed E-state index contributed by atoms with van der Waals surface area (Å²) >= 11 is 0. The van der Waals surface area contributed by atoms with Crippen LogP contribution in [-0.4, -0.2) is 5.91 Å². The highest BCUT2D eigenvalue weighted by Crippen LogP contribution is 2.20. The van der Waals surface area contributed by atoms with Gasteiger partial charge >= 0.3 is 0 Å². The molecule has 0 aliphatic rings. The van der Waals surface area contributed by atoms with Crippen LogP contribution < -0.4 is 11.1 Å². The van der Waals surface area contributed by atoms with Crippen LogP contribution in [0.2, 0.25) is 0 Å². The van der Waals surface area contributed by atoms with E-state index in [4.69, 9.17) is 5.73 Å². The minimum Gasteiger partial charge on any atom is -0.326 e. The highest BCUT2D eigenvalue weighted by molar-refractivity contribution is 5.88. The molecule has 4 heteroatoms. The SMILES string of the molecule is CC(=O)Nc1ccc([C@@H](N)CC(C)C)cc1.Cl. The van der Waals surface area contributed by atoms with Gasteiger partial charge in [0.25, 0.3) is 0 Å². The van der Waals surface area contributed by atoms with Crippen molar-refractivity contribution in [3.63, 3.8) is 0 Å². The number of nitrogens with one attached hydrogen (secondary N) is 1. The van der Waals surface area contributed by atoms with Crippen molar-refractivity contribution in [2.45, 2.75) is 33.2 Å². The van der Waals surface area contributed by atoms with Gasteiger partial charge < -0.3 is 11.1 Å². The number of rotatable bonds is 4. The molecule has 96 valence electrons. The molecule has 0 bridgehead atoms. The third kappa shape index (κ3) is 5.71. The average Bonchev–Trinajstić information content (AvgIpc) is 2.16. The lowest BCUT2D eigenvalue weighted by Gasteiger charge is -2.14. The minimum absolute atomic E-state index is 0. The Morgan fingerprint density at radius 3 is 2.24 bits per heavy atom. The van der Waals surface area contributed by atoms with Crippen LogP contribution in [0.25, 0.3) is 0 Å². The van der Waals surface area contributed by atoms with Gasteiger partial charge in [0.05, 0.1) is 0 Å². The molecular formula is C13H21ClN2O. The lowest BCUT2D eigenvalue weighted by Crippen LogP contribution is -2.13. The molecule has 0 saturated carbocycles. The molecule has 1 aromatic carbocycles. The third-order valence-corrected chi connectivity index (χ3v) is 2.38. The Morgan fingerprint density at radius 1 is 1.29 bits per heavy atom. The molecule has 1 atom stereocenters. The zero-order valence-electron chi connectivity index (χ0n) is 10.6. The summed E-state index contributed by atoms with van der Waals surface area (Å²) in [5.41, 5.74) is 7.99. The predicted octanol–water partition coefficient (Wildman–Crippen LogP) is 3.11. The lowest BCUT2D eigenvalue weighted by atomic mass is 9.98. The fraction of sp³-hybridized carbons (Fsp3) is 0.462. The van der Waals surface area contributed by atoms with E-state index in [0.717, 1.165) is 17.7 Å². The molecule has 0 aliphatic heterocycles. The van der Waals surface area contributed by atoms with Gasteiger partial charge in [0.1, 0.15) is 0 Å². The van der Waals surface area contributed by atoms with Gasteiger partial charge in [-0.05, 0) is 30.0 Å². The van der Waals surface area contributed by atoms with Crippen molar-refractivity contribution < 1.29 is 4.79 Å². The van der Waals surface area contributed by atoms with Crippen LogP contribution in [0.3, 0.4) is 0 Å². The quantitative estimate of drug-likeness (QED) is 0.870. The van der Waals surface area contributed by atoms with E-state index in [1.54, 1.807) is 0 Å². The fourth-order valence-electron chi connectivity index (χ4n) is 1.66. The smallest absolute Gasteiger partial charge is 0.221 e. The summed E-state index contributed by atoms with van der Waals surface area (Å²) < 4.78 is 0. The summed E-state index contributed by atoms with van der Waals surface area (Å²) in [7, 11) is 0. The zero-order chi connectivity index (χ0) is 12.1. The first-order chi connectivity index (χ1) is 7.49. The number of anilines is 1. The van der Waals surface area contributed by atoms with Crippen LogP contribution in [0.15, 0.2) is 24.3 Å². The van der Waals surface area contributed by atoms with E-state index in [1.165, 1.54) is 6.92 Å². The Kier molecular flexibility index (Phi) is 6.85. The van der Waals surface area contributed by atoms with Crippen LogP contribution in [0.1, 0.15) is 38.8 Å². The number of benzene rings is 1. The summed E-state index contributed by atoms with van der Waals surface area (Å²) in [4.78, 5) is 10.8. The molecule has 0 spiro atoms. The van der Waals surface area contributed by atoms with Gasteiger partial charge in [-0.1, -0.05) is 26.0 Å². The molecule has 1 aromatic rings. The second-order valence-electron chi connectivity index (χ2n) is 4.54. The monoisotopic (exact) mass is 256 g/mol. The molecule has 1 amide bonds. The largest absolute Gasteiger partial charge is 0.326 e. The number of hydrogen-bond acceptors (Lipinski definition) is 2. The first kappa shape index (κ1) is 15.9. The van der Waals surface area contributed by atoms with Crippen LogP contribution in [0.5, 0.6) is 0 Å². The van der Waals surface area contributed by atoms with E-state index in [-0.39, 0.29) is 24.4 Å². The predicted molar refractivity (Wildman–Crippen MR) is 74.4 cm³/mol. The normalized spacial score (nSPS) is 11.8. The van der Waals surface area contributed by atoms with Gasteiger partial charge in [-0.25, -0.2) is 0 Å². The van der Waals surface area contributed by atoms with Gasteiger partial charge in [-0.3, -0.25) is 4.79 Å². The Labute approximate surface area is 109 Å². The molecule has 3 nitrogen and oxygen atoms in total. The van der Waals surface area contributed by atoms with Crippen molar-refractivity contribution >= 4 is 24.0 Å². The number of carbonyl (C=O) groups is 1. The highest BCUT2D eigenvalue weighted by atomic mass is 35.5. The molecule has 1 rings (SSSR count). The van der Waals surface area contributed by atoms with Gasteiger partial charge in [0.15, 0.2) is 0 Å². The molecule has 0 aliphatic carbocycles. The summed E-state index contributed by atoms with van der Waals surface area (Å²) in [6.07, 6.45) is 0.972. The molecule has 0 radical (unpaired) electrons. The van der Waals surface area contributed by atoms with Crippen LogP contribution in [0.4, 0.5) is 5.69 Å². The molecule has 0 unspecified atom stereocenters.